The SMILES string of the molecule is C.CC(C)C(=O)CCNC(=O)C(C)C. The minimum atomic E-state index is -0.00541. The van der Waals surface area contributed by atoms with Crippen LogP contribution in [0.25, 0.3) is 0 Å². The Bertz CT molecular complexity index is 166. The van der Waals surface area contributed by atoms with Crippen molar-refractivity contribution in [3.63, 3.8) is 0 Å². The average Bonchev–Trinajstić information content (AvgIpc) is 2.03. The topological polar surface area (TPSA) is 46.2 Å². The van der Waals surface area contributed by atoms with Crippen LogP contribution in [0.2, 0.25) is 0 Å². The molecule has 1 N–H and O–H groups in total. The fourth-order valence-electron chi connectivity index (χ4n) is 0.802. The third kappa shape index (κ3) is 6.63. The highest BCUT2D eigenvalue weighted by Crippen LogP contribution is 1.97. The Morgan fingerprint density at radius 1 is 1.07 bits per heavy atom. The zero-order valence-electron chi connectivity index (χ0n) is 8.89. The fourth-order valence-corrected chi connectivity index (χ4v) is 0.802. The number of hydrogen-bond donors (Lipinski definition) is 1. The summed E-state index contributed by atoms with van der Waals surface area (Å²) in [6.07, 6.45) is 0.441. The predicted molar refractivity (Wildman–Crippen MR) is 59.0 cm³/mol. The molecule has 0 rings (SSSR count). The quantitative estimate of drug-likeness (QED) is 0.739. The second-order valence-electron chi connectivity index (χ2n) is 3.82. The van der Waals surface area contributed by atoms with Gasteiger partial charge in [-0.2, -0.15) is 0 Å². The largest absolute Gasteiger partial charge is 0.355 e. The molecule has 0 aliphatic rings. The molecule has 14 heavy (non-hydrogen) atoms. The fraction of sp³-hybridized carbons (Fsp3) is 0.818. The first-order chi connectivity index (χ1) is 5.95. The zero-order valence-corrected chi connectivity index (χ0v) is 8.89. The van der Waals surface area contributed by atoms with Crippen LogP contribution in [0.1, 0.15) is 41.5 Å². The molecule has 0 heterocycles. The maximum absolute atomic E-state index is 11.1. The molecular weight excluding hydrogens is 178 g/mol. The number of amides is 1. The molecule has 0 aromatic carbocycles. The Balaban J connectivity index is 0. The smallest absolute Gasteiger partial charge is 0.222 e. The molecule has 0 atom stereocenters. The number of rotatable bonds is 5. The van der Waals surface area contributed by atoms with Crippen LogP contribution in [0, 0.1) is 11.8 Å². The Labute approximate surface area is 87.3 Å². The van der Waals surface area contributed by atoms with Crippen LogP contribution in [0.3, 0.4) is 0 Å². The van der Waals surface area contributed by atoms with E-state index in [9.17, 15) is 9.59 Å². The van der Waals surface area contributed by atoms with E-state index in [2.05, 4.69) is 5.32 Å². The molecule has 0 radical (unpaired) electrons. The maximum atomic E-state index is 11.1. The van der Waals surface area contributed by atoms with E-state index in [0.717, 1.165) is 0 Å². The first-order valence-corrected chi connectivity index (χ1v) is 4.75. The van der Waals surface area contributed by atoms with Crippen LogP contribution in [0.4, 0.5) is 0 Å². The van der Waals surface area contributed by atoms with E-state index < -0.39 is 0 Å². The highest BCUT2D eigenvalue weighted by molar-refractivity contribution is 5.82. The van der Waals surface area contributed by atoms with Crippen LogP contribution in [-0.2, 0) is 9.59 Å². The molecule has 0 spiro atoms. The Kier molecular flexibility index (Phi) is 8.40. The summed E-state index contributed by atoms with van der Waals surface area (Å²) in [6, 6.07) is 0. The number of Topliss-reactive ketones (excluding diaryl/α,β-unsaturated/α-hetero) is 1. The monoisotopic (exact) mass is 201 g/mol. The van der Waals surface area contributed by atoms with Crippen LogP contribution in [-0.4, -0.2) is 18.2 Å². The lowest BCUT2D eigenvalue weighted by atomic mass is 10.1. The normalized spacial score (nSPS) is 9.86. The summed E-state index contributed by atoms with van der Waals surface area (Å²) in [4.78, 5) is 22.2. The van der Waals surface area contributed by atoms with Crippen LogP contribution < -0.4 is 5.32 Å². The average molecular weight is 201 g/mol. The van der Waals surface area contributed by atoms with E-state index in [0.29, 0.717) is 13.0 Å². The van der Waals surface area contributed by atoms with Crippen molar-refractivity contribution < 1.29 is 9.59 Å². The first kappa shape index (κ1) is 15.6. The minimum absolute atomic E-state index is 0. The summed E-state index contributed by atoms with van der Waals surface area (Å²) in [7, 11) is 0. The second kappa shape index (κ2) is 7.54. The molecule has 0 unspecified atom stereocenters. The van der Waals surface area contributed by atoms with Crippen molar-refractivity contribution in [2.24, 2.45) is 11.8 Å². The van der Waals surface area contributed by atoms with E-state index in [1.54, 1.807) is 0 Å². The molecule has 0 aromatic heterocycles. The van der Waals surface area contributed by atoms with Gasteiger partial charge in [-0.1, -0.05) is 35.1 Å². The summed E-state index contributed by atoms with van der Waals surface area (Å²) >= 11 is 0. The van der Waals surface area contributed by atoms with E-state index in [1.807, 2.05) is 27.7 Å². The number of carbonyl (C=O) groups excluding carboxylic acids is 2. The van der Waals surface area contributed by atoms with E-state index in [1.165, 1.54) is 0 Å². The second-order valence-corrected chi connectivity index (χ2v) is 3.82. The van der Waals surface area contributed by atoms with E-state index >= 15 is 0 Å². The Morgan fingerprint density at radius 3 is 1.93 bits per heavy atom. The maximum Gasteiger partial charge on any atom is 0.222 e. The third-order valence-corrected chi connectivity index (χ3v) is 1.84. The van der Waals surface area contributed by atoms with Gasteiger partial charge < -0.3 is 5.32 Å². The van der Waals surface area contributed by atoms with Gasteiger partial charge >= 0.3 is 0 Å². The molecule has 0 fully saturated rings. The van der Waals surface area contributed by atoms with Gasteiger partial charge in [0.2, 0.25) is 5.91 Å². The highest BCUT2D eigenvalue weighted by atomic mass is 16.2. The molecule has 0 aliphatic heterocycles. The van der Waals surface area contributed by atoms with Crippen LogP contribution in [0.15, 0.2) is 0 Å². The standard InChI is InChI=1S/C10H19NO2.CH4/c1-7(2)9(12)5-6-11-10(13)8(3)4;/h7-8H,5-6H2,1-4H3,(H,11,13);1H4. The lowest BCUT2D eigenvalue weighted by Crippen LogP contribution is -2.30. The lowest BCUT2D eigenvalue weighted by molar-refractivity contribution is -0.124. The molecule has 3 heteroatoms. The summed E-state index contributed by atoms with van der Waals surface area (Å²) in [5.41, 5.74) is 0. The molecule has 0 aliphatic carbocycles. The molecule has 1 amide bonds. The van der Waals surface area contributed by atoms with Gasteiger partial charge in [0, 0.05) is 24.8 Å². The van der Waals surface area contributed by atoms with Crippen molar-refractivity contribution in [3.8, 4) is 0 Å². The van der Waals surface area contributed by atoms with Crippen molar-refractivity contribution in [1.82, 2.24) is 5.32 Å². The molecule has 84 valence electrons. The van der Waals surface area contributed by atoms with Gasteiger partial charge in [0.05, 0.1) is 0 Å². The van der Waals surface area contributed by atoms with Gasteiger partial charge in [-0.05, 0) is 0 Å². The third-order valence-electron chi connectivity index (χ3n) is 1.84. The minimum Gasteiger partial charge on any atom is -0.355 e. The Morgan fingerprint density at radius 2 is 1.57 bits per heavy atom. The van der Waals surface area contributed by atoms with Crippen molar-refractivity contribution in [2.75, 3.05) is 6.54 Å². The van der Waals surface area contributed by atoms with E-state index in [-0.39, 0.29) is 31.0 Å². The highest BCUT2D eigenvalue weighted by Gasteiger charge is 2.09. The molecule has 0 saturated carbocycles. The summed E-state index contributed by atoms with van der Waals surface area (Å²) in [5.74, 6) is 0.269. The van der Waals surface area contributed by atoms with Gasteiger partial charge in [-0.15, -0.1) is 0 Å². The zero-order chi connectivity index (χ0) is 10.4. The molecular formula is C11H23NO2. The lowest BCUT2D eigenvalue weighted by Gasteiger charge is -2.07. The summed E-state index contributed by atoms with van der Waals surface area (Å²) in [6.45, 7) is 7.87. The predicted octanol–water partition coefficient (Wildman–Crippen LogP) is 2.01. The number of carbonyl (C=O) groups is 2. The summed E-state index contributed by atoms with van der Waals surface area (Å²) in [5, 5.41) is 2.71. The van der Waals surface area contributed by atoms with Gasteiger partial charge in [0.25, 0.3) is 0 Å². The van der Waals surface area contributed by atoms with Gasteiger partial charge in [0.15, 0.2) is 0 Å². The number of hydrogen-bond acceptors (Lipinski definition) is 2. The van der Waals surface area contributed by atoms with E-state index in [4.69, 9.17) is 0 Å². The van der Waals surface area contributed by atoms with Crippen molar-refractivity contribution in [3.05, 3.63) is 0 Å². The summed E-state index contributed by atoms with van der Waals surface area (Å²) < 4.78 is 0. The molecule has 0 bridgehead atoms. The van der Waals surface area contributed by atoms with Crippen molar-refractivity contribution >= 4 is 11.7 Å². The van der Waals surface area contributed by atoms with Crippen LogP contribution in [0.5, 0.6) is 0 Å². The van der Waals surface area contributed by atoms with Crippen molar-refractivity contribution in [2.45, 2.75) is 41.5 Å². The first-order valence-electron chi connectivity index (χ1n) is 4.75. The number of ketones is 1. The van der Waals surface area contributed by atoms with Gasteiger partial charge in [-0.25, -0.2) is 0 Å². The van der Waals surface area contributed by atoms with Gasteiger partial charge in [-0.3, -0.25) is 9.59 Å². The molecule has 0 saturated heterocycles. The van der Waals surface area contributed by atoms with Crippen molar-refractivity contribution in [1.29, 1.82) is 0 Å². The Hall–Kier alpha value is -0.860. The van der Waals surface area contributed by atoms with Gasteiger partial charge in [0.1, 0.15) is 5.78 Å². The molecule has 3 nitrogen and oxygen atoms in total. The van der Waals surface area contributed by atoms with Crippen LogP contribution >= 0.6 is 0 Å². The number of nitrogens with one attached hydrogen (secondary N) is 1. The molecule has 0 aromatic rings.